The Balaban J connectivity index is 2.09. The third-order valence-corrected chi connectivity index (χ3v) is 4.57. The maximum absolute atomic E-state index is 13.0. The number of carbonyl (C=O) groups excluding carboxylic acids is 2. The molecule has 1 N–H and O–H groups in total. The molecule has 0 aliphatic heterocycles. The lowest BCUT2D eigenvalue weighted by molar-refractivity contribution is -0.133. The van der Waals surface area contributed by atoms with Crippen molar-refractivity contribution in [3.8, 4) is 5.75 Å². The van der Waals surface area contributed by atoms with E-state index in [1.54, 1.807) is 43.4 Å². The van der Waals surface area contributed by atoms with Gasteiger partial charge in [-0.3, -0.25) is 4.79 Å². The largest absolute Gasteiger partial charge is 0.497 e. The van der Waals surface area contributed by atoms with Crippen molar-refractivity contribution in [1.29, 1.82) is 0 Å². The highest BCUT2D eigenvalue weighted by Crippen LogP contribution is 2.18. The summed E-state index contributed by atoms with van der Waals surface area (Å²) in [5.74, 6) is 1.93. The van der Waals surface area contributed by atoms with E-state index in [9.17, 15) is 9.59 Å². The van der Waals surface area contributed by atoms with Crippen LogP contribution in [-0.4, -0.2) is 61.7 Å². The zero-order chi connectivity index (χ0) is 22.1. The third kappa shape index (κ3) is 6.81. The normalized spacial score (nSPS) is 10.7. The maximum Gasteiger partial charge on any atom is 0.322 e. The SMILES string of the molecule is COCCN(Cc1ccc(C)o1)C(=O)CN(C(=O)Nc1cccc(OC)c1)C(C)C. The van der Waals surface area contributed by atoms with Crippen LogP contribution >= 0.6 is 0 Å². The van der Waals surface area contributed by atoms with Crippen molar-refractivity contribution in [3.05, 3.63) is 47.9 Å². The van der Waals surface area contributed by atoms with Gasteiger partial charge in [0, 0.05) is 31.5 Å². The number of nitrogens with zero attached hydrogens (tertiary/aromatic N) is 2. The molecular formula is C22H31N3O5. The highest BCUT2D eigenvalue weighted by molar-refractivity contribution is 5.92. The summed E-state index contributed by atoms with van der Waals surface area (Å²) in [6, 6.07) is 10.3. The van der Waals surface area contributed by atoms with Crippen molar-refractivity contribution in [2.24, 2.45) is 0 Å². The zero-order valence-electron chi connectivity index (χ0n) is 18.3. The number of furan rings is 1. The molecule has 2 rings (SSSR count). The summed E-state index contributed by atoms with van der Waals surface area (Å²) in [6.45, 7) is 6.65. The molecule has 164 valence electrons. The Labute approximate surface area is 177 Å². The van der Waals surface area contributed by atoms with Crippen molar-refractivity contribution in [2.75, 3.05) is 39.2 Å². The Bertz CT molecular complexity index is 834. The second-order valence-corrected chi connectivity index (χ2v) is 7.20. The van der Waals surface area contributed by atoms with Crippen LogP contribution in [-0.2, 0) is 16.1 Å². The average Bonchev–Trinajstić information content (AvgIpc) is 3.13. The number of nitrogens with one attached hydrogen (secondary N) is 1. The van der Waals surface area contributed by atoms with Crippen LogP contribution in [0, 0.1) is 6.92 Å². The number of hydrogen-bond acceptors (Lipinski definition) is 5. The number of carbonyl (C=O) groups is 2. The van der Waals surface area contributed by atoms with Gasteiger partial charge in [-0.25, -0.2) is 4.79 Å². The summed E-state index contributed by atoms with van der Waals surface area (Å²) in [6.07, 6.45) is 0. The molecule has 8 heteroatoms. The number of benzene rings is 1. The Kier molecular flexibility index (Phi) is 8.73. The highest BCUT2D eigenvalue weighted by Gasteiger charge is 2.24. The lowest BCUT2D eigenvalue weighted by atomic mass is 10.3. The first-order valence-electron chi connectivity index (χ1n) is 9.87. The summed E-state index contributed by atoms with van der Waals surface area (Å²) < 4.78 is 15.9. The lowest BCUT2D eigenvalue weighted by Gasteiger charge is -2.29. The van der Waals surface area contributed by atoms with Gasteiger partial charge in [0.15, 0.2) is 0 Å². The topological polar surface area (TPSA) is 84.2 Å². The van der Waals surface area contributed by atoms with Crippen molar-refractivity contribution in [3.63, 3.8) is 0 Å². The number of amides is 3. The molecular weight excluding hydrogens is 386 g/mol. The number of rotatable bonds is 10. The van der Waals surface area contributed by atoms with Crippen LogP contribution in [0.4, 0.5) is 10.5 Å². The summed E-state index contributed by atoms with van der Waals surface area (Å²) in [5.41, 5.74) is 0.597. The van der Waals surface area contributed by atoms with Crippen LogP contribution in [0.1, 0.15) is 25.4 Å². The van der Waals surface area contributed by atoms with Crippen molar-refractivity contribution < 1.29 is 23.5 Å². The van der Waals surface area contributed by atoms with Crippen LogP contribution < -0.4 is 10.1 Å². The molecule has 8 nitrogen and oxygen atoms in total. The maximum atomic E-state index is 13.0. The molecule has 0 fully saturated rings. The first-order chi connectivity index (χ1) is 14.3. The van der Waals surface area contributed by atoms with E-state index < -0.39 is 0 Å². The Hall–Kier alpha value is -3.00. The molecule has 0 aliphatic rings. The lowest BCUT2D eigenvalue weighted by Crippen LogP contribution is -2.47. The number of ether oxygens (including phenoxy) is 2. The van der Waals surface area contributed by atoms with Gasteiger partial charge in [-0.1, -0.05) is 6.07 Å². The minimum atomic E-state index is -0.355. The quantitative estimate of drug-likeness (QED) is 0.639. The molecule has 1 aromatic carbocycles. The first kappa shape index (κ1) is 23.3. The molecule has 0 atom stereocenters. The fourth-order valence-electron chi connectivity index (χ4n) is 2.88. The number of aryl methyl sites for hydroxylation is 1. The Morgan fingerprint density at radius 1 is 1.17 bits per heavy atom. The Morgan fingerprint density at radius 3 is 2.53 bits per heavy atom. The molecule has 1 heterocycles. The molecule has 30 heavy (non-hydrogen) atoms. The van der Waals surface area contributed by atoms with Crippen LogP contribution in [0.25, 0.3) is 0 Å². The van der Waals surface area contributed by atoms with Gasteiger partial charge in [-0.2, -0.15) is 0 Å². The minimum Gasteiger partial charge on any atom is -0.497 e. The molecule has 0 bridgehead atoms. The molecule has 0 spiro atoms. The van der Waals surface area contributed by atoms with Crippen LogP contribution in [0.5, 0.6) is 5.75 Å². The van der Waals surface area contributed by atoms with E-state index in [1.807, 2.05) is 32.9 Å². The minimum absolute atomic E-state index is 0.0587. The fraction of sp³-hybridized carbons (Fsp3) is 0.455. The van der Waals surface area contributed by atoms with Gasteiger partial charge in [-0.15, -0.1) is 0 Å². The van der Waals surface area contributed by atoms with Gasteiger partial charge in [-0.05, 0) is 45.0 Å². The number of anilines is 1. The van der Waals surface area contributed by atoms with E-state index in [0.29, 0.717) is 36.9 Å². The monoisotopic (exact) mass is 417 g/mol. The van der Waals surface area contributed by atoms with E-state index in [-0.39, 0.29) is 24.5 Å². The Morgan fingerprint density at radius 2 is 1.93 bits per heavy atom. The van der Waals surface area contributed by atoms with E-state index in [2.05, 4.69) is 5.32 Å². The molecule has 0 aliphatic carbocycles. The molecule has 0 saturated heterocycles. The van der Waals surface area contributed by atoms with Gasteiger partial charge in [0.05, 0.1) is 20.3 Å². The average molecular weight is 418 g/mol. The van der Waals surface area contributed by atoms with E-state index in [1.165, 1.54) is 4.90 Å². The molecule has 0 saturated carbocycles. The predicted octanol–water partition coefficient (Wildman–Crippen LogP) is 3.51. The van der Waals surface area contributed by atoms with Crippen LogP contribution in [0.15, 0.2) is 40.8 Å². The smallest absolute Gasteiger partial charge is 0.322 e. The van der Waals surface area contributed by atoms with Crippen LogP contribution in [0.3, 0.4) is 0 Å². The number of urea groups is 1. The number of hydrogen-bond donors (Lipinski definition) is 1. The molecule has 0 radical (unpaired) electrons. The summed E-state index contributed by atoms with van der Waals surface area (Å²) in [4.78, 5) is 29.0. The van der Waals surface area contributed by atoms with E-state index >= 15 is 0 Å². The van der Waals surface area contributed by atoms with Gasteiger partial charge in [0.25, 0.3) is 0 Å². The van der Waals surface area contributed by atoms with E-state index in [4.69, 9.17) is 13.9 Å². The predicted molar refractivity (Wildman–Crippen MR) is 115 cm³/mol. The summed E-state index contributed by atoms with van der Waals surface area (Å²) in [5, 5.41) is 2.83. The second-order valence-electron chi connectivity index (χ2n) is 7.20. The van der Waals surface area contributed by atoms with E-state index in [0.717, 1.165) is 5.76 Å². The highest BCUT2D eigenvalue weighted by atomic mass is 16.5. The first-order valence-corrected chi connectivity index (χ1v) is 9.87. The molecule has 3 amide bonds. The zero-order valence-corrected chi connectivity index (χ0v) is 18.3. The van der Waals surface area contributed by atoms with Crippen LogP contribution in [0.2, 0.25) is 0 Å². The summed E-state index contributed by atoms with van der Waals surface area (Å²) >= 11 is 0. The molecule has 0 unspecified atom stereocenters. The molecule has 1 aromatic heterocycles. The fourth-order valence-corrected chi connectivity index (χ4v) is 2.88. The van der Waals surface area contributed by atoms with Gasteiger partial charge in [0.2, 0.25) is 5.91 Å². The van der Waals surface area contributed by atoms with Crippen molar-refractivity contribution in [2.45, 2.75) is 33.4 Å². The van der Waals surface area contributed by atoms with Crippen molar-refractivity contribution in [1.82, 2.24) is 9.80 Å². The van der Waals surface area contributed by atoms with Gasteiger partial charge >= 0.3 is 6.03 Å². The van der Waals surface area contributed by atoms with Gasteiger partial charge < -0.3 is 29.0 Å². The number of methoxy groups -OCH3 is 2. The second kappa shape index (κ2) is 11.3. The van der Waals surface area contributed by atoms with Gasteiger partial charge in [0.1, 0.15) is 23.8 Å². The standard InChI is InChI=1S/C22H31N3O5/c1-16(2)25(22(27)23-18-7-6-8-19(13-18)29-5)15-21(26)24(11-12-28-4)14-20-10-9-17(3)30-20/h6-10,13,16H,11-12,14-15H2,1-5H3,(H,23,27). The third-order valence-electron chi connectivity index (χ3n) is 4.57. The summed E-state index contributed by atoms with van der Waals surface area (Å²) in [7, 11) is 3.15. The molecule has 2 aromatic rings. The van der Waals surface area contributed by atoms with Crippen molar-refractivity contribution >= 4 is 17.6 Å².